The van der Waals surface area contributed by atoms with Gasteiger partial charge in [0, 0.05) is 29.2 Å². The number of ether oxygens (including phenoxy) is 1. The third-order valence-corrected chi connectivity index (χ3v) is 2.53. The van der Waals surface area contributed by atoms with Crippen LogP contribution in [-0.2, 0) is 0 Å². The van der Waals surface area contributed by atoms with Gasteiger partial charge in [-0.25, -0.2) is 0 Å². The van der Waals surface area contributed by atoms with Crippen molar-refractivity contribution in [2.45, 2.75) is 19.9 Å². The molecular formula is C12H18ClNO2. The molecule has 0 aliphatic heterocycles. The van der Waals surface area contributed by atoms with E-state index in [1.165, 1.54) is 0 Å². The summed E-state index contributed by atoms with van der Waals surface area (Å²) in [6, 6.07) is 5.26. The Morgan fingerprint density at radius 3 is 2.69 bits per heavy atom. The zero-order valence-corrected chi connectivity index (χ0v) is 10.4. The minimum Gasteiger partial charge on any atom is -0.493 e. The molecule has 0 saturated carbocycles. The Morgan fingerprint density at radius 1 is 1.44 bits per heavy atom. The molecule has 1 unspecified atom stereocenters. The van der Waals surface area contributed by atoms with E-state index >= 15 is 0 Å². The fourth-order valence-corrected chi connectivity index (χ4v) is 1.47. The summed E-state index contributed by atoms with van der Waals surface area (Å²) in [5.41, 5.74) is 6.72. The maximum Gasteiger partial charge on any atom is 0.124 e. The van der Waals surface area contributed by atoms with E-state index in [1.54, 1.807) is 6.07 Å². The van der Waals surface area contributed by atoms with E-state index in [2.05, 4.69) is 0 Å². The van der Waals surface area contributed by atoms with Crippen molar-refractivity contribution >= 4 is 11.6 Å². The summed E-state index contributed by atoms with van der Waals surface area (Å²) in [4.78, 5) is 0. The van der Waals surface area contributed by atoms with Crippen LogP contribution in [0, 0.1) is 5.92 Å². The first kappa shape index (κ1) is 13.3. The smallest absolute Gasteiger partial charge is 0.124 e. The number of aliphatic hydroxyl groups is 1. The molecule has 0 aromatic heterocycles. The number of nitrogens with two attached hydrogens (primary N) is 1. The molecule has 2 atom stereocenters. The van der Waals surface area contributed by atoms with E-state index in [0.717, 1.165) is 11.3 Å². The molecule has 1 aromatic carbocycles. The summed E-state index contributed by atoms with van der Waals surface area (Å²) in [6.07, 6.45) is 0. The lowest BCUT2D eigenvalue weighted by atomic mass is 10.1. The molecule has 0 fully saturated rings. The molecule has 0 heterocycles. The van der Waals surface area contributed by atoms with Crippen LogP contribution < -0.4 is 10.5 Å². The SMILES string of the molecule is CC(CO)COc1ccc(Cl)cc1[C@@H](C)N. The Kier molecular flexibility index (Phi) is 5.06. The van der Waals surface area contributed by atoms with Crippen LogP contribution in [0.15, 0.2) is 18.2 Å². The first-order valence-corrected chi connectivity index (χ1v) is 5.71. The van der Waals surface area contributed by atoms with Crippen LogP contribution in [0.3, 0.4) is 0 Å². The molecule has 4 heteroatoms. The van der Waals surface area contributed by atoms with E-state index in [9.17, 15) is 0 Å². The van der Waals surface area contributed by atoms with Gasteiger partial charge in [0.25, 0.3) is 0 Å². The summed E-state index contributed by atoms with van der Waals surface area (Å²) >= 11 is 5.90. The van der Waals surface area contributed by atoms with Crippen molar-refractivity contribution in [1.29, 1.82) is 0 Å². The Hall–Kier alpha value is -0.770. The van der Waals surface area contributed by atoms with Gasteiger partial charge in [0.15, 0.2) is 0 Å². The molecule has 1 aromatic rings. The molecule has 0 spiro atoms. The van der Waals surface area contributed by atoms with Crippen LogP contribution in [0.4, 0.5) is 0 Å². The predicted molar refractivity (Wildman–Crippen MR) is 65.8 cm³/mol. The van der Waals surface area contributed by atoms with Gasteiger partial charge in [-0.1, -0.05) is 18.5 Å². The van der Waals surface area contributed by atoms with Crippen molar-refractivity contribution in [2.24, 2.45) is 11.7 Å². The largest absolute Gasteiger partial charge is 0.493 e. The van der Waals surface area contributed by atoms with Gasteiger partial charge in [-0.05, 0) is 25.1 Å². The second-order valence-electron chi connectivity index (χ2n) is 4.07. The fourth-order valence-electron chi connectivity index (χ4n) is 1.29. The lowest BCUT2D eigenvalue weighted by Gasteiger charge is -2.16. The van der Waals surface area contributed by atoms with E-state index in [1.807, 2.05) is 26.0 Å². The normalized spacial score (nSPS) is 14.6. The maximum absolute atomic E-state index is 8.91. The van der Waals surface area contributed by atoms with E-state index in [4.69, 9.17) is 27.2 Å². The van der Waals surface area contributed by atoms with Crippen molar-refractivity contribution in [3.05, 3.63) is 28.8 Å². The maximum atomic E-state index is 8.91. The third-order valence-electron chi connectivity index (χ3n) is 2.30. The lowest BCUT2D eigenvalue weighted by molar-refractivity contribution is 0.173. The Bertz CT molecular complexity index is 342. The molecule has 0 aliphatic carbocycles. The summed E-state index contributed by atoms with van der Waals surface area (Å²) in [7, 11) is 0. The van der Waals surface area contributed by atoms with E-state index < -0.39 is 0 Å². The van der Waals surface area contributed by atoms with Gasteiger partial charge in [0.1, 0.15) is 5.75 Å². The van der Waals surface area contributed by atoms with Gasteiger partial charge in [-0.3, -0.25) is 0 Å². The molecule has 0 amide bonds. The van der Waals surface area contributed by atoms with Crippen molar-refractivity contribution in [1.82, 2.24) is 0 Å². The monoisotopic (exact) mass is 243 g/mol. The first-order valence-electron chi connectivity index (χ1n) is 5.33. The predicted octanol–water partition coefficient (Wildman–Crippen LogP) is 2.37. The molecule has 0 bridgehead atoms. The van der Waals surface area contributed by atoms with Crippen LogP contribution in [0.25, 0.3) is 0 Å². The Balaban J connectivity index is 2.78. The highest BCUT2D eigenvalue weighted by Crippen LogP contribution is 2.27. The lowest BCUT2D eigenvalue weighted by Crippen LogP contribution is -2.14. The van der Waals surface area contributed by atoms with Crippen LogP contribution in [0.5, 0.6) is 5.75 Å². The zero-order chi connectivity index (χ0) is 12.1. The number of halogens is 1. The van der Waals surface area contributed by atoms with E-state index in [-0.39, 0.29) is 18.6 Å². The number of aliphatic hydroxyl groups excluding tert-OH is 1. The van der Waals surface area contributed by atoms with Crippen LogP contribution in [0.1, 0.15) is 25.5 Å². The van der Waals surface area contributed by atoms with Gasteiger partial charge >= 0.3 is 0 Å². The van der Waals surface area contributed by atoms with Gasteiger partial charge in [-0.2, -0.15) is 0 Å². The second kappa shape index (κ2) is 6.09. The molecule has 90 valence electrons. The van der Waals surface area contributed by atoms with Crippen molar-refractivity contribution < 1.29 is 9.84 Å². The van der Waals surface area contributed by atoms with Gasteiger partial charge in [0.2, 0.25) is 0 Å². The summed E-state index contributed by atoms with van der Waals surface area (Å²) < 4.78 is 5.61. The second-order valence-corrected chi connectivity index (χ2v) is 4.51. The number of rotatable bonds is 5. The molecule has 0 saturated heterocycles. The summed E-state index contributed by atoms with van der Waals surface area (Å²) in [6.45, 7) is 4.38. The molecule has 0 radical (unpaired) electrons. The average molecular weight is 244 g/mol. The van der Waals surface area contributed by atoms with E-state index in [0.29, 0.717) is 11.6 Å². The number of hydrogen-bond acceptors (Lipinski definition) is 3. The number of hydrogen-bond donors (Lipinski definition) is 2. The average Bonchev–Trinajstić information content (AvgIpc) is 2.26. The van der Waals surface area contributed by atoms with Crippen LogP contribution in [0.2, 0.25) is 5.02 Å². The molecule has 1 rings (SSSR count). The highest BCUT2D eigenvalue weighted by Gasteiger charge is 2.10. The fraction of sp³-hybridized carbons (Fsp3) is 0.500. The highest BCUT2D eigenvalue weighted by atomic mass is 35.5. The molecule has 3 nitrogen and oxygen atoms in total. The van der Waals surface area contributed by atoms with Crippen LogP contribution in [-0.4, -0.2) is 18.3 Å². The molecule has 0 aliphatic rings. The minimum atomic E-state index is -0.127. The summed E-state index contributed by atoms with van der Waals surface area (Å²) in [5.74, 6) is 0.844. The summed E-state index contributed by atoms with van der Waals surface area (Å²) in [5, 5.41) is 9.56. The van der Waals surface area contributed by atoms with Crippen LogP contribution >= 0.6 is 11.6 Å². The standard InChI is InChI=1S/C12H18ClNO2/c1-8(6-15)7-16-12-4-3-10(13)5-11(12)9(2)14/h3-5,8-9,15H,6-7,14H2,1-2H3/t8?,9-/m1/s1. The minimum absolute atomic E-state index is 0.108. The molecule has 16 heavy (non-hydrogen) atoms. The number of benzene rings is 1. The Morgan fingerprint density at radius 2 is 2.12 bits per heavy atom. The third kappa shape index (κ3) is 3.67. The van der Waals surface area contributed by atoms with Crippen molar-refractivity contribution in [2.75, 3.05) is 13.2 Å². The van der Waals surface area contributed by atoms with Gasteiger partial charge in [-0.15, -0.1) is 0 Å². The topological polar surface area (TPSA) is 55.5 Å². The molecular weight excluding hydrogens is 226 g/mol. The quantitative estimate of drug-likeness (QED) is 0.835. The van der Waals surface area contributed by atoms with Crippen molar-refractivity contribution in [3.63, 3.8) is 0 Å². The van der Waals surface area contributed by atoms with Gasteiger partial charge < -0.3 is 15.6 Å². The first-order chi connectivity index (χ1) is 7.54. The van der Waals surface area contributed by atoms with Crippen molar-refractivity contribution in [3.8, 4) is 5.75 Å². The highest BCUT2D eigenvalue weighted by molar-refractivity contribution is 6.30. The Labute approximate surface area is 101 Å². The zero-order valence-electron chi connectivity index (χ0n) is 9.61. The van der Waals surface area contributed by atoms with Gasteiger partial charge in [0.05, 0.1) is 6.61 Å². The molecule has 3 N–H and O–H groups in total.